The van der Waals surface area contributed by atoms with Crippen molar-refractivity contribution in [3.8, 4) is 0 Å². The second-order valence-corrected chi connectivity index (χ2v) is 4.85. The van der Waals surface area contributed by atoms with Crippen molar-refractivity contribution in [3.63, 3.8) is 0 Å². The van der Waals surface area contributed by atoms with Gasteiger partial charge in [0.15, 0.2) is 5.13 Å². The number of para-hydroxylation sites is 1. The molecule has 0 aliphatic carbocycles. The number of thiazole rings is 1. The average molecular weight is 291 g/mol. The number of aliphatic hydroxyl groups excluding tert-OH is 1. The molecule has 0 saturated heterocycles. The van der Waals surface area contributed by atoms with Crippen LogP contribution >= 0.6 is 11.3 Å². The lowest BCUT2D eigenvalue weighted by Gasteiger charge is -2.07. The quantitative estimate of drug-likeness (QED) is 0.801. The van der Waals surface area contributed by atoms with Crippen LogP contribution in [0.4, 0.5) is 10.8 Å². The lowest BCUT2D eigenvalue weighted by Crippen LogP contribution is -2.14. The zero-order valence-electron chi connectivity index (χ0n) is 10.7. The number of carbonyl (C=O) groups excluding carboxylic acids is 2. The van der Waals surface area contributed by atoms with Crippen molar-refractivity contribution in [3.05, 3.63) is 40.9 Å². The van der Waals surface area contributed by atoms with E-state index < -0.39 is 5.91 Å². The van der Waals surface area contributed by atoms with Crippen molar-refractivity contribution in [1.82, 2.24) is 4.98 Å². The number of nitrogens with zero attached hydrogens (tertiary/aromatic N) is 1. The van der Waals surface area contributed by atoms with Crippen molar-refractivity contribution in [2.45, 2.75) is 13.5 Å². The summed E-state index contributed by atoms with van der Waals surface area (Å²) >= 11 is 1.17. The van der Waals surface area contributed by atoms with Crippen LogP contribution in [0.3, 0.4) is 0 Å². The lowest BCUT2D eigenvalue weighted by atomic mass is 10.2. The molecule has 20 heavy (non-hydrogen) atoms. The number of anilines is 2. The summed E-state index contributed by atoms with van der Waals surface area (Å²) in [5.41, 5.74) is 1.37. The highest BCUT2D eigenvalue weighted by Crippen LogP contribution is 2.19. The van der Waals surface area contributed by atoms with Gasteiger partial charge in [-0.2, -0.15) is 0 Å². The maximum atomic E-state index is 12.0. The van der Waals surface area contributed by atoms with Crippen LogP contribution in [0.25, 0.3) is 0 Å². The number of hydrogen-bond donors (Lipinski definition) is 3. The van der Waals surface area contributed by atoms with Crippen LogP contribution in [-0.2, 0) is 11.4 Å². The zero-order chi connectivity index (χ0) is 14.5. The maximum Gasteiger partial charge on any atom is 0.275 e. The zero-order valence-corrected chi connectivity index (χ0v) is 11.5. The summed E-state index contributed by atoms with van der Waals surface area (Å²) in [5.74, 6) is -0.629. The molecule has 2 amide bonds. The first-order chi connectivity index (χ1) is 9.60. The summed E-state index contributed by atoms with van der Waals surface area (Å²) < 4.78 is 0. The first kappa shape index (κ1) is 14.2. The van der Waals surface area contributed by atoms with Crippen LogP contribution in [0.1, 0.15) is 23.0 Å². The lowest BCUT2D eigenvalue weighted by molar-refractivity contribution is -0.114. The third-order valence-electron chi connectivity index (χ3n) is 2.46. The molecule has 2 rings (SSSR count). The van der Waals surface area contributed by atoms with Gasteiger partial charge in [-0.05, 0) is 6.07 Å². The Labute approximate surface area is 119 Å². The minimum Gasteiger partial charge on any atom is -0.392 e. The van der Waals surface area contributed by atoms with E-state index in [-0.39, 0.29) is 18.2 Å². The van der Waals surface area contributed by atoms with Crippen LogP contribution in [0, 0.1) is 0 Å². The van der Waals surface area contributed by atoms with Gasteiger partial charge in [-0.15, -0.1) is 11.3 Å². The first-order valence-electron chi connectivity index (χ1n) is 5.83. The van der Waals surface area contributed by atoms with Crippen LogP contribution in [-0.4, -0.2) is 21.9 Å². The molecule has 0 fully saturated rings. The second-order valence-electron chi connectivity index (χ2n) is 3.99. The normalized spacial score (nSPS) is 10.1. The van der Waals surface area contributed by atoms with E-state index in [9.17, 15) is 14.7 Å². The van der Waals surface area contributed by atoms with E-state index >= 15 is 0 Å². The van der Waals surface area contributed by atoms with Crippen LogP contribution in [0.15, 0.2) is 29.6 Å². The van der Waals surface area contributed by atoms with E-state index in [0.717, 1.165) is 0 Å². The standard InChI is InChI=1S/C13H13N3O3S/c1-8(18)14-13-16-11(7-20-13)12(19)15-10-5-3-2-4-9(10)6-17/h2-5,7,17H,6H2,1H3,(H,15,19)(H,14,16,18). The van der Waals surface area contributed by atoms with Gasteiger partial charge in [0.25, 0.3) is 5.91 Å². The van der Waals surface area contributed by atoms with Crippen molar-refractivity contribution < 1.29 is 14.7 Å². The van der Waals surface area contributed by atoms with Crippen LogP contribution in [0.5, 0.6) is 0 Å². The molecule has 6 nitrogen and oxygen atoms in total. The molecular weight excluding hydrogens is 278 g/mol. The molecule has 0 saturated carbocycles. The van der Waals surface area contributed by atoms with Crippen LogP contribution < -0.4 is 10.6 Å². The molecule has 3 N–H and O–H groups in total. The molecular formula is C13H13N3O3S. The Bertz CT molecular complexity index is 639. The van der Waals surface area contributed by atoms with Crippen molar-refractivity contribution in [2.24, 2.45) is 0 Å². The van der Waals surface area contributed by atoms with Crippen molar-refractivity contribution in [1.29, 1.82) is 0 Å². The molecule has 0 aliphatic rings. The van der Waals surface area contributed by atoms with Gasteiger partial charge in [0.2, 0.25) is 5.91 Å². The van der Waals surface area contributed by atoms with Gasteiger partial charge in [0.1, 0.15) is 5.69 Å². The van der Waals surface area contributed by atoms with Crippen LogP contribution in [0.2, 0.25) is 0 Å². The number of hydrogen-bond acceptors (Lipinski definition) is 5. The minimum absolute atomic E-state index is 0.162. The van der Waals surface area contributed by atoms with E-state index in [1.54, 1.807) is 29.6 Å². The van der Waals surface area contributed by atoms with Gasteiger partial charge in [-0.3, -0.25) is 9.59 Å². The van der Waals surface area contributed by atoms with Gasteiger partial charge in [-0.1, -0.05) is 18.2 Å². The Morgan fingerprint density at radius 3 is 2.75 bits per heavy atom. The summed E-state index contributed by atoms with van der Waals surface area (Å²) in [6.07, 6.45) is 0. The summed E-state index contributed by atoms with van der Waals surface area (Å²) in [5, 5.41) is 16.3. The Kier molecular flexibility index (Phi) is 4.44. The Morgan fingerprint density at radius 2 is 2.05 bits per heavy atom. The molecule has 7 heteroatoms. The predicted octanol–water partition coefficient (Wildman–Crippen LogP) is 1.85. The molecule has 0 radical (unpaired) electrons. The molecule has 1 aromatic carbocycles. The Morgan fingerprint density at radius 1 is 1.30 bits per heavy atom. The van der Waals surface area contributed by atoms with Gasteiger partial charge < -0.3 is 15.7 Å². The fraction of sp³-hybridized carbons (Fsp3) is 0.154. The molecule has 0 aliphatic heterocycles. The third-order valence-corrected chi connectivity index (χ3v) is 3.21. The molecule has 2 aromatic rings. The Balaban J connectivity index is 2.12. The fourth-order valence-corrected chi connectivity index (χ4v) is 2.29. The molecule has 0 bridgehead atoms. The summed E-state index contributed by atoms with van der Waals surface area (Å²) in [4.78, 5) is 26.9. The van der Waals surface area contributed by atoms with Gasteiger partial charge in [0.05, 0.1) is 6.61 Å². The van der Waals surface area contributed by atoms with E-state index in [2.05, 4.69) is 15.6 Å². The van der Waals surface area contributed by atoms with Gasteiger partial charge in [0, 0.05) is 23.6 Å². The number of carbonyl (C=O) groups is 2. The molecule has 0 atom stereocenters. The van der Waals surface area contributed by atoms with Crippen molar-refractivity contribution in [2.75, 3.05) is 10.6 Å². The largest absolute Gasteiger partial charge is 0.392 e. The fourth-order valence-electron chi connectivity index (χ4n) is 1.55. The minimum atomic E-state index is -0.390. The number of benzene rings is 1. The van der Waals surface area contributed by atoms with E-state index in [4.69, 9.17) is 0 Å². The highest BCUT2D eigenvalue weighted by Gasteiger charge is 2.13. The number of aromatic nitrogens is 1. The predicted molar refractivity (Wildman–Crippen MR) is 76.7 cm³/mol. The van der Waals surface area contributed by atoms with Gasteiger partial charge >= 0.3 is 0 Å². The number of aliphatic hydroxyl groups is 1. The van der Waals surface area contributed by atoms with E-state index in [0.29, 0.717) is 16.4 Å². The molecule has 1 heterocycles. The first-order valence-corrected chi connectivity index (χ1v) is 6.71. The van der Waals surface area contributed by atoms with E-state index in [1.165, 1.54) is 18.3 Å². The molecule has 0 unspecified atom stereocenters. The maximum absolute atomic E-state index is 12.0. The van der Waals surface area contributed by atoms with E-state index in [1.807, 2.05) is 0 Å². The molecule has 0 spiro atoms. The SMILES string of the molecule is CC(=O)Nc1nc(C(=O)Nc2ccccc2CO)cs1. The van der Waals surface area contributed by atoms with Gasteiger partial charge in [-0.25, -0.2) is 4.98 Å². The number of nitrogens with one attached hydrogen (secondary N) is 2. The second kappa shape index (κ2) is 6.27. The number of amides is 2. The summed E-state index contributed by atoms with van der Waals surface area (Å²) in [6.45, 7) is 1.21. The third kappa shape index (κ3) is 3.40. The van der Waals surface area contributed by atoms with Crippen molar-refractivity contribution >= 4 is 34.0 Å². The highest BCUT2D eigenvalue weighted by atomic mass is 32.1. The summed E-state index contributed by atoms with van der Waals surface area (Å²) in [7, 11) is 0. The monoisotopic (exact) mass is 291 g/mol. The smallest absolute Gasteiger partial charge is 0.275 e. The summed E-state index contributed by atoms with van der Waals surface area (Å²) in [6, 6.07) is 6.96. The molecule has 104 valence electrons. The molecule has 1 aromatic heterocycles. The highest BCUT2D eigenvalue weighted by molar-refractivity contribution is 7.14. The topological polar surface area (TPSA) is 91.3 Å². The number of rotatable bonds is 4. The average Bonchev–Trinajstić information content (AvgIpc) is 2.87. The Hall–Kier alpha value is -2.25.